The second-order valence-corrected chi connectivity index (χ2v) is 4.03. The van der Waals surface area contributed by atoms with Crippen LogP contribution in [-0.4, -0.2) is 5.11 Å². The third-order valence-electron chi connectivity index (χ3n) is 2.84. The largest absolute Gasteiger partial charge is 0.392 e. The number of rotatable bonds is 4. The number of benzene rings is 2. The van der Waals surface area contributed by atoms with Gasteiger partial charge in [0.05, 0.1) is 6.61 Å². The molecule has 2 aromatic rings. The molecule has 0 spiro atoms. The van der Waals surface area contributed by atoms with Crippen molar-refractivity contribution in [3.05, 3.63) is 83.9 Å². The van der Waals surface area contributed by atoms with E-state index in [0.29, 0.717) is 0 Å². The molecule has 18 heavy (non-hydrogen) atoms. The molecule has 0 bridgehead atoms. The number of hydrogen-bond acceptors (Lipinski definition) is 1. The summed E-state index contributed by atoms with van der Waals surface area (Å²) >= 11 is 0. The molecule has 2 aromatic carbocycles. The van der Waals surface area contributed by atoms with Crippen LogP contribution < -0.4 is 0 Å². The van der Waals surface area contributed by atoms with Crippen LogP contribution in [0, 0.1) is 0 Å². The zero-order valence-electron chi connectivity index (χ0n) is 10.2. The number of aliphatic hydroxyl groups excluding tert-OH is 1. The molecule has 0 aliphatic carbocycles. The predicted molar refractivity (Wildman–Crippen MR) is 76.9 cm³/mol. The fraction of sp³-hybridized carbons (Fsp3) is 0.0588. The van der Waals surface area contributed by atoms with Gasteiger partial charge < -0.3 is 5.11 Å². The van der Waals surface area contributed by atoms with Crippen LogP contribution in [0.4, 0.5) is 0 Å². The summed E-state index contributed by atoms with van der Waals surface area (Å²) in [7, 11) is 0. The number of aliphatic hydroxyl groups is 1. The maximum absolute atomic E-state index is 9.37. The number of hydrogen-bond donors (Lipinski definition) is 1. The van der Waals surface area contributed by atoms with Crippen molar-refractivity contribution in [2.45, 2.75) is 6.61 Å². The molecule has 0 unspecified atom stereocenters. The number of allylic oxidation sites excluding steroid dienone is 2. The molecule has 0 fully saturated rings. The van der Waals surface area contributed by atoms with Gasteiger partial charge in [-0.15, -0.1) is 0 Å². The molecular weight excluding hydrogens is 220 g/mol. The Morgan fingerprint density at radius 1 is 1.00 bits per heavy atom. The quantitative estimate of drug-likeness (QED) is 0.630. The summed E-state index contributed by atoms with van der Waals surface area (Å²) in [4.78, 5) is 0. The van der Waals surface area contributed by atoms with E-state index in [1.54, 1.807) is 0 Å². The Bertz CT molecular complexity index is 553. The average molecular weight is 236 g/mol. The molecule has 1 N–H and O–H groups in total. The fourth-order valence-electron chi connectivity index (χ4n) is 1.92. The minimum Gasteiger partial charge on any atom is -0.392 e. The summed E-state index contributed by atoms with van der Waals surface area (Å²) in [5.74, 6) is 0. The molecule has 0 aliphatic rings. The lowest BCUT2D eigenvalue weighted by molar-refractivity contribution is 0.281. The average Bonchev–Trinajstić information content (AvgIpc) is 2.46. The summed E-state index contributed by atoms with van der Waals surface area (Å²) in [6.07, 6.45) is 3.89. The van der Waals surface area contributed by atoms with Crippen LogP contribution in [0.15, 0.2) is 67.3 Å². The van der Waals surface area contributed by atoms with Crippen molar-refractivity contribution in [3.63, 3.8) is 0 Å². The van der Waals surface area contributed by atoms with Crippen LogP contribution in [0.5, 0.6) is 0 Å². The molecule has 2 rings (SSSR count). The second kappa shape index (κ2) is 5.99. The minimum absolute atomic E-state index is 0.0378. The predicted octanol–water partition coefficient (Wildman–Crippen LogP) is 3.91. The van der Waals surface area contributed by atoms with Gasteiger partial charge in [0, 0.05) is 0 Å². The van der Waals surface area contributed by atoms with Gasteiger partial charge in [0.25, 0.3) is 0 Å². The van der Waals surface area contributed by atoms with Crippen molar-refractivity contribution >= 4 is 11.6 Å². The highest BCUT2D eigenvalue weighted by atomic mass is 16.3. The lowest BCUT2D eigenvalue weighted by Crippen LogP contribution is -1.91. The molecule has 0 aliphatic heterocycles. The van der Waals surface area contributed by atoms with Gasteiger partial charge in [0.2, 0.25) is 0 Å². The molecule has 0 heterocycles. The van der Waals surface area contributed by atoms with E-state index in [0.717, 1.165) is 22.3 Å². The molecule has 90 valence electrons. The molecule has 0 saturated heterocycles. The van der Waals surface area contributed by atoms with Crippen LogP contribution >= 0.6 is 0 Å². The van der Waals surface area contributed by atoms with Gasteiger partial charge in [-0.25, -0.2) is 0 Å². The van der Waals surface area contributed by atoms with E-state index in [1.807, 2.05) is 60.7 Å². The molecule has 1 heteroatoms. The van der Waals surface area contributed by atoms with E-state index in [4.69, 9.17) is 0 Å². The van der Waals surface area contributed by atoms with Gasteiger partial charge >= 0.3 is 0 Å². The van der Waals surface area contributed by atoms with Gasteiger partial charge in [0.1, 0.15) is 0 Å². The highest BCUT2D eigenvalue weighted by molar-refractivity contribution is 5.88. The standard InChI is InChI=1S/C17H16O/c1-2-15(12-14-8-4-3-5-9-14)17-11-7-6-10-16(17)13-18/h2-12,18H,1,13H2/b15-12-. The third kappa shape index (κ3) is 2.76. The zero-order valence-corrected chi connectivity index (χ0v) is 10.2. The van der Waals surface area contributed by atoms with Crippen LogP contribution in [-0.2, 0) is 6.61 Å². The Labute approximate surface area is 108 Å². The van der Waals surface area contributed by atoms with E-state index in [-0.39, 0.29) is 6.61 Å². The maximum atomic E-state index is 9.37. The molecule has 0 saturated carbocycles. The van der Waals surface area contributed by atoms with Crippen LogP contribution in [0.2, 0.25) is 0 Å². The maximum Gasteiger partial charge on any atom is 0.0687 e. The van der Waals surface area contributed by atoms with Gasteiger partial charge in [-0.1, -0.05) is 67.3 Å². The van der Waals surface area contributed by atoms with Crippen molar-refractivity contribution in [1.29, 1.82) is 0 Å². The first kappa shape index (κ1) is 12.3. The van der Waals surface area contributed by atoms with E-state index in [2.05, 4.69) is 12.7 Å². The lowest BCUT2D eigenvalue weighted by atomic mass is 9.98. The van der Waals surface area contributed by atoms with Gasteiger partial charge in [-0.2, -0.15) is 0 Å². The molecular formula is C17H16O. The van der Waals surface area contributed by atoms with Crippen molar-refractivity contribution < 1.29 is 5.11 Å². The monoisotopic (exact) mass is 236 g/mol. The lowest BCUT2D eigenvalue weighted by Gasteiger charge is -2.08. The summed E-state index contributed by atoms with van der Waals surface area (Å²) in [5, 5.41) is 9.37. The molecule has 0 radical (unpaired) electrons. The Balaban J connectivity index is 2.46. The summed E-state index contributed by atoms with van der Waals surface area (Å²) in [6, 6.07) is 17.9. The Kier molecular flexibility index (Phi) is 4.11. The van der Waals surface area contributed by atoms with Crippen molar-refractivity contribution in [3.8, 4) is 0 Å². The topological polar surface area (TPSA) is 20.2 Å². The summed E-state index contributed by atoms with van der Waals surface area (Å²) in [6.45, 7) is 3.90. The van der Waals surface area contributed by atoms with Gasteiger partial charge in [-0.3, -0.25) is 0 Å². The molecule has 0 atom stereocenters. The minimum atomic E-state index is 0.0378. The Morgan fingerprint density at radius 2 is 1.67 bits per heavy atom. The molecule has 1 nitrogen and oxygen atoms in total. The highest BCUT2D eigenvalue weighted by Gasteiger charge is 2.03. The van der Waals surface area contributed by atoms with E-state index in [9.17, 15) is 5.11 Å². The highest BCUT2D eigenvalue weighted by Crippen LogP contribution is 2.22. The first-order valence-electron chi connectivity index (χ1n) is 5.93. The van der Waals surface area contributed by atoms with Gasteiger partial charge in [0.15, 0.2) is 0 Å². The molecule has 0 aromatic heterocycles. The third-order valence-corrected chi connectivity index (χ3v) is 2.84. The fourth-order valence-corrected chi connectivity index (χ4v) is 1.92. The van der Waals surface area contributed by atoms with E-state index >= 15 is 0 Å². The zero-order chi connectivity index (χ0) is 12.8. The Morgan fingerprint density at radius 3 is 2.33 bits per heavy atom. The SMILES string of the molecule is C=C/C(=C/c1ccccc1)c1ccccc1CO. The van der Waals surface area contributed by atoms with Crippen LogP contribution in [0.25, 0.3) is 11.6 Å². The summed E-state index contributed by atoms with van der Waals surface area (Å²) in [5.41, 5.74) is 4.09. The van der Waals surface area contributed by atoms with Crippen LogP contribution in [0.1, 0.15) is 16.7 Å². The second-order valence-electron chi connectivity index (χ2n) is 4.03. The van der Waals surface area contributed by atoms with Gasteiger partial charge in [-0.05, 0) is 28.3 Å². The first-order valence-corrected chi connectivity index (χ1v) is 5.93. The summed E-state index contributed by atoms with van der Waals surface area (Å²) < 4.78 is 0. The van der Waals surface area contributed by atoms with Crippen molar-refractivity contribution in [1.82, 2.24) is 0 Å². The van der Waals surface area contributed by atoms with Crippen molar-refractivity contribution in [2.75, 3.05) is 0 Å². The Hall–Kier alpha value is -2.12. The van der Waals surface area contributed by atoms with E-state index < -0.39 is 0 Å². The molecule has 0 amide bonds. The van der Waals surface area contributed by atoms with Crippen LogP contribution in [0.3, 0.4) is 0 Å². The first-order chi connectivity index (χ1) is 8.85. The van der Waals surface area contributed by atoms with Crippen molar-refractivity contribution in [2.24, 2.45) is 0 Å². The van der Waals surface area contributed by atoms with E-state index in [1.165, 1.54) is 0 Å². The normalized spacial score (nSPS) is 11.3. The smallest absolute Gasteiger partial charge is 0.0687 e.